The van der Waals surface area contributed by atoms with Gasteiger partial charge in [0.1, 0.15) is 0 Å². The van der Waals surface area contributed by atoms with Crippen LogP contribution in [0.25, 0.3) is 0 Å². The van der Waals surface area contributed by atoms with Crippen molar-refractivity contribution < 1.29 is 14.7 Å². The van der Waals surface area contributed by atoms with Crippen molar-refractivity contribution in [1.82, 2.24) is 10.2 Å². The fraction of sp³-hybridized carbons (Fsp3) is 0.538. The van der Waals surface area contributed by atoms with Gasteiger partial charge in [0, 0.05) is 26.6 Å². The lowest BCUT2D eigenvalue weighted by atomic mass is 10.0. The van der Waals surface area contributed by atoms with E-state index in [1.54, 1.807) is 23.3 Å². The summed E-state index contributed by atoms with van der Waals surface area (Å²) in [6.07, 6.45) is 0.811. The molecule has 7 heteroatoms. The largest absolute Gasteiger partial charge is 0.481 e. The Balaban J connectivity index is 2.39. The fourth-order valence-electron chi connectivity index (χ4n) is 1.75. The van der Waals surface area contributed by atoms with E-state index in [1.807, 2.05) is 18.4 Å². The van der Waals surface area contributed by atoms with Crippen LogP contribution in [0.3, 0.4) is 0 Å². The van der Waals surface area contributed by atoms with Gasteiger partial charge in [0.05, 0.1) is 3.79 Å². The number of carbonyl (C=O) groups excluding carboxylic acids is 1. The first-order valence-corrected chi connectivity index (χ1v) is 8.03. The van der Waals surface area contributed by atoms with Crippen LogP contribution in [-0.2, 0) is 11.3 Å². The first kappa shape index (κ1) is 17.0. The summed E-state index contributed by atoms with van der Waals surface area (Å²) in [6.45, 7) is 2.84. The molecule has 0 saturated carbocycles. The quantitative estimate of drug-likeness (QED) is 0.782. The van der Waals surface area contributed by atoms with Gasteiger partial charge in [-0.1, -0.05) is 13.3 Å². The summed E-state index contributed by atoms with van der Waals surface area (Å²) in [7, 11) is 1.72. The Morgan fingerprint density at radius 1 is 1.55 bits per heavy atom. The van der Waals surface area contributed by atoms with Crippen LogP contribution in [0.15, 0.2) is 15.2 Å². The maximum Gasteiger partial charge on any atom is 0.317 e. The summed E-state index contributed by atoms with van der Waals surface area (Å²) >= 11 is 4.96. The molecule has 0 radical (unpaired) electrons. The molecule has 0 fully saturated rings. The van der Waals surface area contributed by atoms with E-state index in [-0.39, 0.29) is 18.4 Å². The molecular weight excluding hydrogens is 344 g/mol. The SMILES string of the molecule is CCC(CNC(=O)N(C)Cc1csc(Br)c1)CC(=O)O. The molecule has 112 valence electrons. The Bertz CT molecular complexity index is 464. The lowest BCUT2D eigenvalue weighted by Gasteiger charge is -2.19. The zero-order valence-electron chi connectivity index (χ0n) is 11.6. The molecule has 0 aliphatic rings. The van der Waals surface area contributed by atoms with Crippen LogP contribution in [0.4, 0.5) is 4.79 Å². The maximum atomic E-state index is 11.9. The highest BCUT2D eigenvalue weighted by molar-refractivity contribution is 9.11. The van der Waals surface area contributed by atoms with Crippen molar-refractivity contribution in [2.75, 3.05) is 13.6 Å². The second-order valence-electron chi connectivity index (χ2n) is 4.67. The van der Waals surface area contributed by atoms with Crippen LogP contribution < -0.4 is 5.32 Å². The molecule has 0 aliphatic carbocycles. The lowest BCUT2D eigenvalue weighted by Crippen LogP contribution is -2.39. The molecule has 1 aromatic heterocycles. The van der Waals surface area contributed by atoms with Crippen LogP contribution in [-0.4, -0.2) is 35.6 Å². The number of hydrogen-bond acceptors (Lipinski definition) is 3. The van der Waals surface area contributed by atoms with Crippen molar-refractivity contribution in [2.24, 2.45) is 5.92 Å². The van der Waals surface area contributed by atoms with E-state index < -0.39 is 5.97 Å². The second kappa shape index (κ2) is 8.26. The van der Waals surface area contributed by atoms with E-state index in [4.69, 9.17) is 5.11 Å². The molecular formula is C13H19BrN2O3S. The van der Waals surface area contributed by atoms with Gasteiger partial charge < -0.3 is 15.3 Å². The molecule has 2 N–H and O–H groups in total. The predicted molar refractivity (Wildman–Crippen MR) is 82.9 cm³/mol. The van der Waals surface area contributed by atoms with Gasteiger partial charge in [-0.25, -0.2) is 4.79 Å². The van der Waals surface area contributed by atoms with Crippen LogP contribution in [0.2, 0.25) is 0 Å². The van der Waals surface area contributed by atoms with Crippen LogP contribution in [0, 0.1) is 5.92 Å². The number of thiophene rings is 1. The number of hydrogen-bond donors (Lipinski definition) is 2. The Morgan fingerprint density at radius 3 is 2.75 bits per heavy atom. The molecule has 0 spiro atoms. The first-order valence-electron chi connectivity index (χ1n) is 6.36. The van der Waals surface area contributed by atoms with Gasteiger partial charge in [-0.05, 0) is 38.9 Å². The average molecular weight is 363 g/mol. The number of nitrogens with zero attached hydrogens (tertiary/aromatic N) is 1. The first-order chi connectivity index (χ1) is 9.42. The Kier molecular flexibility index (Phi) is 7.01. The molecule has 2 amide bonds. The number of carboxylic acid groups (broad SMARTS) is 1. The summed E-state index contributed by atoms with van der Waals surface area (Å²) in [6, 6.07) is 1.80. The van der Waals surface area contributed by atoms with Crippen LogP contribution >= 0.6 is 27.3 Å². The highest BCUT2D eigenvalue weighted by Gasteiger charge is 2.14. The Hall–Kier alpha value is -1.08. The van der Waals surface area contributed by atoms with Gasteiger partial charge in [-0.2, -0.15) is 0 Å². The van der Waals surface area contributed by atoms with Gasteiger partial charge in [0.15, 0.2) is 0 Å². The number of carboxylic acids is 1. The van der Waals surface area contributed by atoms with Crippen molar-refractivity contribution in [1.29, 1.82) is 0 Å². The highest BCUT2D eigenvalue weighted by atomic mass is 79.9. The molecule has 0 saturated heterocycles. The number of aliphatic carboxylic acids is 1. The van der Waals surface area contributed by atoms with E-state index in [0.29, 0.717) is 13.1 Å². The van der Waals surface area contributed by atoms with Gasteiger partial charge in [0.2, 0.25) is 0 Å². The molecule has 5 nitrogen and oxygen atoms in total. The smallest absolute Gasteiger partial charge is 0.317 e. The summed E-state index contributed by atoms with van der Waals surface area (Å²) in [5.41, 5.74) is 1.07. The molecule has 1 rings (SSSR count). The predicted octanol–water partition coefficient (Wildman–Crippen LogP) is 3.15. The van der Waals surface area contributed by atoms with Crippen LogP contribution in [0.1, 0.15) is 25.3 Å². The van der Waals surface area contributed by atoms with Crippen molar-refractivity contribution in [3.05, 3.63) is 20.8 Å². The third-order valence-corrected chi connectivity index (χ3v) is 4.52. The molecule has 1 atom stereocenters. The van der Waals surface area contributed by atoms with Crippen molar-refractivity contribution in [2.45, 2.75) is 26.3 Å². The standard InChI is InChI=1S/C13H19BrN2O3S/c1-3-9(5-12(17)18)6-15-13(19)16(2)7-10-4-11(14)20-8-10/h4,8-9H,3,5-7H2,1-2H3,(H,15,19)(H,17,18). The third kappa shape index (κ3) is 5.92. The summed E-state index contributed by atoms with van der Waals surface area (Å²) in [4.78, 5) is 24.2. The van der Waals surface area contributed by atoms with E-state index in [0.717, 1.165) is 15.8 Å². The molecule has 0 aromatic carbocycles. The lowest BCUT2D eigenvalue weighted by molar-refractivity contribution is -0.138. The van der Waals surface area contributed by atoms with Crippen molar-refractivity contribution >= 4 is 39.3 Å². The Labute approximate surface area is 131 Å². The zero-order valence-corrected chi connectivity index (χ0v) is 14.0. The maximum absolute atomic E-state index is 11.9. The van der Waals surface area contributed by atoms with E-state index in [2.05, 4.69) is 21.2 Å². The van der Waals surface area contributed by atoms with Gasteiger partial charge in [-0.15, -0.1) is 11.3 Å². The average Bonchev–Trinajstić information content (AvgIpc) is 2.78. The number of rotatable bonds is 7. The number of carbonyl (C=O) groups is 2. The topological polar surface area (TPSA) is 69.6 Å². The summed E-state index contributed by atoms with van der Waals surface area (Å²) in [5.74, 6) is -0.859. The fourth-order valence-corrected chi connectivity index (χ4v) is 2.95. The van der Waals surface area contributed by atoms with E-state index >= 15 is 0 Å². The number of nitrogens with one attached hydrogen (secondary N) is 1. The Morgan fingerprint density at radius 2 is 2.25 bits per heavy atom. The minimum absolute atomic E-state index is 0.0276. The molecule has 1 unspecified atom stereocenters. The molecule has 20 heavy (non-hydrogen) atoms. The van der Waals surface area contributed by atoms with Gasteiger partial charge in [-0.3, -0.25) is 4.79 Å². The minimum Gasteiger partial charge on any atom is -0.481 e. The van der Waals surface area contributed by atoms with E-state index in [9.17, 15) is 9.59 Å². The minimum atomic E-state index is -0.831. The molecule has 1 aromatic rings. The monoisotopic (exact) mass is 362 g/mol. The van der Waals surface area contributed by atoms with Crippen LogP contribution in [0.5, 0.6) is 0 Å². The normalized spacial score (nSPS) is 11.9. The van der Waals surface area contributed by atoms with E-state index in [1.165, 1.54) is 0 Å². The number of halogens is 1. The van der Waals surface area contributed by atoms with Crippen molar-refractivity contribution in [3.8, 4) is 0 Å². The number of urea groups is 1. The summed E-state index contributed by atoms with van der Waals surface area (Å²) < 4.78 is 1.04. The van der Waals surface area contributed by atoms with Crippen molar-refractivity contribution in [3.63, 3.8) is 0 Å². The summed E-state index contributed by atoms with van der Waals surface area (Å²) in [5, 5.41) is 13.5. The zero-order chi connectivity index (χ0) is 15.1. The second-order valence-corrected chi connectivity index (χ2v) is 6.96. The molecule has 0 aliphatic heterocycles. The number of amides is 2. The van der Waals surface area contributed by atoms with Gasteiger partial charge >= 0.3 is 12.0 Å². The molecule has 1 heterocycles. The van der Waals surface area contributed by atoms with Gasteiger partial charge in [0.25, 0.3) is 0 Å². The third-order valence-electron chi connectivity index (χ3n) is 2.97. The molecule has 0 bridgehead atoms. The highest BCUT2D eigenvalue weighted by Crippen LogP contribution is 2.21.